The van der Waals surface area contributed by atoms with E-state index in [9.17, 15) is 0 Å². The van der Waals surface area contributed by atoms with Crippen molar-refractivity contribution >= 4 is 38.9 Å². The van der Waals surface area contributed by atoms with Crippen molar-refractivity contribution in [3.63, 3.8) is 0 Å². The Morgan fingerprint density at radius 2 is 0.807 bits per heavy atom. The van der Waals surface area contributed by atoms with Crippen molar-refractivity contribution in [3.8, 4) is 27.9 Å². The third-order valence-corrected chi connectivity index (χ3v) is 11.8. The van der Waals surface area contributed by atoms with E-state index in [1.54, 1.807) is 0 Å². The van der Waals surface area contributed by atoms with Crippen LogP contribution in [0.1, 0.15) is 22.3 Å². The molecule has 268 valence electrons. The third kappa shape index (κ3) is 5.18. The molecule has 2 heteroatoms. The van der Waals surface area contributed by atoms with E-state index >= 15 is 0 Å². The van der Waals surface area contributed by atoms with Gasteiger partial charge in [0.2, 0.25) is 0 Å². The van der Waals surface area contributed by atoms with Crippen molar-refractivity contribution in [3.05, 3.63) is 253 Å². The number of rotatable bonds is 7. The number of hydrogen-bond donors (Lipinski definition) is 0. The maximum Gasteiger partial charge on any atom is 0.0714 e. The molecule has 9 aromatic carbocycles. The van der Waals surface area contributed by atoms with Gasteiger partial charge in [-0.3, -0.25) is 0 Å². The molecule has 0 spiro atoms. The summed E-state index contributed by atoms with van der Waals surface area (Å²) < 4.78 is 2.41. The highest BCUT2D eigenvalue weighted by molar-refractivity contribution is 6.10. The fourth-order valence-corrected chi connectivity index (χ4v) is 9.40. The van der Waals surface area contributed by atoms with Crippen molar-refractivity contribution in [1.29, 1.82) is 0 Å². The third-order valence-electron chi connectivity index (χ3n) is 11.8. The minimum Gasteiger partial charge on any atom is -0.310 e. The van der Waals surface area contributed by atoms with Gasteiger partial charge in [0.1, 0.15) is 0 Å². The first-order valence-corrected chi connectivity index (χ1v) is 19.7. The summed E-state index contributed by atoms with van der Waals surface area (Å²) in [6.07, 6.45) is 0. The fraction of sp³-hybridized carbons (Fsp3) is 0.0182. The first-order chi connectivity index (χ1) is 28.3. The maximum atomic E-state index is 2.47. The first kappa shape index (κ1) is 33.0. The predicted molar refractivity (Wildman–Crippen MR) is 238 cm³/mol. The number of hydrogen-bond acceptors (Lipinski definition) is 1. The normalized spacial score (nSPS) is 12.7. The molecule has 1 aliphatic carbocycles. The highest BCUT2D eigenvalue weighted by Gasteiger charge is 2.46. The zero-order chi connectivity index (χ0) is 37.8. The van der Waals surface area contributed by atoms with Gasteiger partial charge in [-0.1, -0.05) is 164 Å². The van der Waals surface area contributed by atoms with Crippen molar-refractivity contribution in [2.75, 3.05) is 4.90 Å². The number of benzene rings is 9. The monoisotopic (exact) mass is 726 g/mol. The molecule has 57 heavy (non-hydrogen) atoms. The molecule has 1 aromatic heterocycles. The van der Waals surface area contributed by atoms with E-state index in [2.05, 4.69) is 240 Å². The van der Waals surface area contributed by atoms with E-state index in [-0.39, 0.29) is 0 Å². The SMILES string of the molecule is c1ccc(N(c2ccccc2)c2ccc3c(c2)C(c2ccccc2)(c2ccccc2)c2cc(-c4ccc5c6ccccc6n(-c6ccccc6)c5c4)ccc2-3)cc1. The van der Waals surface area contributed by atoms with Crippen LogP contribution in [0.4, 0.5) is 17.1 Å². The van der Waals surface area contributed by atoms with Crippen LogP contribution < -0.4 is 4.90 Å². The Labute approximate surface area is 333 Å². The van der Waals surface area contributed by atoms with Crippen LogP contribution in [0.2, 0.25) is 0 Å². The zero-order valence-electron chi connectivity index (χ0n) is 31.3. The summed E-state index contributed by atoms with van der Waals surface area (Å²) in [7, 11) is 0. The summed E-state index contributed by atoms with van der Waals surface area (Å²) >= 11 is 0. The summed E-state index contributed by atoms with van der Waals surface area (Å²) in [5, 5.41) is 2.51. The second-order valence-corrected chi connectivity index (χ2v) is 14.9. The van der Waals surface area contributed by atoms with E-state index < -0.39 is 5.41 Å². The lowest BCUT2D eigenvalue weighted by Gasteiger charge is -2.35. The molecule has 0 saturated carbocycles. The van der Waals surface area contributed by atoms with Crippen molar-refractivity contribution in [2.45, 2.75) is 5.41 Å². The number of para-hydroxylation sites is 4. The second-order valence-electron chi connectivity index (χ2n) is 14.9. The summed E-state index contributed by atoms with van der Waals surface area (Å²) in [5.74, 6) is 0. The Kier molecular flexibility index (Phi) is 7.75. The molecule has 1 heterocycles. The van der Waals surface area contributed by atoms with Gasteiger partial charge in [-0.25, -0.2) is 0 Å². The molecule has 10 aromatic rings. The number of aromatic nitrogens is 1. The molecule has 0 amide bonds. The molecule has 0 bridgehead atoms. The van der Waals surface area contributed by atoms with Gasteiger partial charge in [0, 0.05) is 33.5 Å². The Bertz CT molecular complexity index is 2960. The van der Waals surface area contributed by atoms with E-state index in [0.717, 1.165) is 22.7 Å². The standard InChI is InChI=1S/C55H38N2/c1-6-18-41(19-7-1)55(42-20-8-2-9-21-42)51-36-39(40-31-34-50-49-28-16-17-29-53(49)57(54(50)37-40)45-26-14-5-15-27-45)30-33-47(51)48-35-32-46(38-52(48)55)56(43-22-10-3-11-23-43)44-24-12-4-13-25-44/h1-38H. The lowest BCUT2D eigenvalue weighted by Crippen LogP contribution is -2.28. The molecule has 1 aliphatic rings. The summed E-state index contributed by atoms with van der Waals surface area (Å²) in [5.41, 5.74) is 16.3. The van der Waals surface area contributed by atoms with Gasteiger partial charge in [-0.05, 0) is 111 Å². The molecule has 0 fully saturated rings. The van der Waals surface area contributed by atoms with Crippen LogP contribution in [-0.4, -0.2) is 4.57 Å². The smallest absolute Gasteiger partial charge is 0.0714 e. The van der Waals surface area contributed by atoms with Crippen LogP contribution in [0, 0.1) is 0 Å². The average Bonchev–Trinajstić information content (AvgIpc) is 3.78. The van der Waals surface area contributed by atoms with E-state index in [0.29, 0.717) is 0 Å². The van der Waals surface area contributed by atoms with Crippen molar-refractivity contribution < 1.29 is 0 Å². The van der Waals surface area contributed by atoms with Crippen LogP contribution >= 0.6 is 0 Å². The topological polar surface area (TPSA) is 8.17 Å². The Balaban J connectivity index is 1.16. The molecular weight excluding hydrogens is 689 g/mol. The average molecular weight is 727 g/mol. The zero-order valence-corrected chi connectivity index (χ0v) is 31.3. The second kappa shape index (κ2) is 13.4. The van der Waals surface area contributed by atoms with Crippen LogP contribution in [-0.2, 0) is 5.41 Å². The van der Waals surface area contributed by atoms with Gasteiger partial charge >= 0.3 is 0 Å². The van der Waals surface area contributed by atoms with Crippen molar-refractivity contribution in [1.82, 2.24) is 4.57 Å². The highest BCUT2D eigenvalue weighted by Crippen LogP contribution is 2.58. The molecule has 11 rings (SSSR count). The van der Waals surface area contributed by atoms with Crippen molar-refractivity contribution in [2.24, 2.45) is 0 Å². The van der Waals surface area contributed by atoms with E-state index in [1.807, 2.05) is 0 Å². The molecule has 0 aliphatic heterocycles. The summed E-state index contributed by atoms with van der Waals surface area (Å²) in [4.78, 5) is 2.37. The van der Waals surface area contributed by atoms with Gasteiger partial charge in [-0.2, -0.15) is 0 Å². The Morgan fingerprint density at radius 3 is 1.44 bits per heavy atom. The molecular formula is C55H38N2. The van der Waals surface area contributed by atoms with Crippen LogP contribution in [0.5, 0.6) is 0 Å². The summed E-state index contributed by atoms with van der Waals surface area (Å²) in [6.45, 7) is 0. The first-order valence-electron chi connectivity index (χ1n) is 19.7. The molecule has 0 N–H and O–H groups in total. The number of anilines is 3. The van der Waals surface area contributed by atoms with Crippen LogP contribution in [0.25, 0.3) is 49.7 Å². The lowest BCUT2D eigenvalue weighted by molar-refractivity contribution is 0.768. The lowest BCUT2D eigenvalue weighted by atomic mass is 9.67. The summed E-state index contributed by atoms with van der Waals surface area (Å²) in [6, 6.07) is 84.3. The van der Waals surface area contributed by atoms with Gasteiger partial charge in [0.15, 0.2) is 0 Å². The highest BCUT2D eigenvalue weighted by atomic mass is 15.1. The largest absolute Gasteiger partial charge is 0.310 e. The minimum atomic E-state index is -0.568. The minimum absolute atomic E-state index is 0.568. The van der Waals surface area contributed by atoms with Gasteiger partial charge in [0.05, 0.1) is 16.4 Å². The van der Waals surface area contributed by atoms with Crippen LogP contribution in [0.3, 0.4) is 0 Å². The molecule has 2 nitrogen and oxygen atoms in total. The van der Waals surface area contributed by atoms with Gasteiger partial charge < -0.3 is 9.47 Å². The number of fused-ring (bicyclic) bond motifs is 6. The fourth-order valence-electron chi connectivity index (χ4n) is 9.40. The quantitative estimate of drug-likeness (QED) is 0.159. The predicted octanol–water partition coefficient (Wildman–Crippen LogP) is 14.3. The van der Waals surface area contributed by atoms with E-state index in [1.165, 1.54) is 66.3 Å². The van der Waals surface area contributed by atoms with Crippen LogP contribution in [0.15, 0.2) is 231 Å². The Hall–Kier alpha value is -7.42. The maximum absolute atomic E-state index is 2.47. The van der Waals surface area contributed by atoms with Gasteiger partial charge in [0.25, 0.3) is 0 Å². The Morgan fingerprint density at radius 1 is 0.333 bits per heavy atom. The number of nitrogens with zero attached hydrogens (tertiary/aromatic N) is 2. The molecule has 0 unspecified atom stereocenters. The molecule has 0 atom stereocenters. The van der Waals surface area contributed by atoms with Gasteiger partial charge in [-0.15, -0.1) is 0 Å². The molecule has 0 radical (unpaired) electrons. The van der Waals surface area contributed by atoms with E-state index in [4.69, 9.17) is 0 Å². The molecule has 0 saturated heterocycles.